The van der Waals surface area contributed by atoms with Crippen LogP contribution in [0.1, 0.15) is 21.5 Å². The highest BCUT2D eigenvalue weighted by Crippen LogP contribution is 2.31. The van der Waals surface area contributed by atoms with Crippen LogP contribution in [0, 0.1) is 5.82 Å². The van der Waals surface area contributed by atoms with Gasteiger partial charge in [0.2, 0.25) is 5.90 Å². The largest absolute Gasteiger partial charge is 0.493 e. The normalized spacial score (nSPS) is 14.2. The zero-order chi connectivity index (χ0) is 22.7. The van der Waals surface area contributed by atoms with E-state index in [0.29, 0.717) is 11.1 Å². The van der Waals surface area contributed by atoms with Gasteiger partial charge in [-0.1, -0.05) is 29.8 Å². The first kappa shape index (κ1) is 21.3. The van der Waals surface area contributed by atoms with Gasteiger partial charge in [-0.2, -0.15) is 0 Å². The molecule has 0 aromatic heterocycles. The topological polar surface area (TPSA) is 74.2 Å². The highest BCUT2D eigenvalue weighted by molar-refractivity contribution is 6.33. The van der Waals surface area contributed by atoms with E-state index in [1.807, 2.05) is 0 Å². The Morgan fingerprint density at radius 2 is 1.81 bits per heavy atom. The van der Waals surface area contributed by atoms with Crippen molar-refractivity contribution in [2.75, 3.05) is 7.11 Å². The number of methoxy groups -OCH3 is 1. The van der Waals surface area contributed by atoms with Gasteiger partial charge in [0.05, 0.1) is 17.7 Å². The van der Waals surface area contributed by atoms with Gasteiger partial charge < -0.3 is 14.2 Å². The van der Waals surface area contributed by atoms with Gasteiger partial charge in [-0.05, 0) is 60.2 Å². The molecule has 0 N–H and O–H groups in total. The lowest BCUT2D eigenvalue weighted by Crippen LogP contribution is -2.09. The maximum Gasteiger partial charge on any atom is 0.363 e. The number of benzene rings is 3. The van der Waals surface area contributed by atoms with Crippen molar-refractivity contribution >= 4 is 35.5 Å². The van der Waals surface area contributed by atoms with Crippen LogP contribution < -0.4 is 9.47 Å². The van der Waals surface area contributed by atoms with Gasteiger partial charge in [0.25, 0.3) is 0 Å². The summed E-state index contributed by atoms with van der Waals surface area (Å²) in [5, 5.41) is 0.271. The van der Waals surface area contributed by atoms with Gasteiger partial charge in [-0.3, -0.25) is 0 Å². The molecule has 0 saturated heterocycles. The predicted molar refractivity (Wildman–Crippen MR) is 116 cm³/mol. The molecule has 0 radical (unpaired) electrons. The fraction of sp³-hybridized carbons (Fsp3) is 0.0417. The van der Waals surface area contributed by atoms with E-state index in [1.54, 1.807) is 36.4 Å². The van der Waals surface area contributed by atoms with Crippen LogP contribution in [-0.2, 0) is 9.53 Å². The van der Waals surface area contributed by atoms with Crippen LogP contribution in [-0.4, -0.2) is 24.9 Å². The number of halogens is 2. The molecule has 160 valence electrons. The number of nitrogens with zero attached hydrogens (tertiary/aromatic N) is 1. The Kier molecular flexibility index (Phi) is 6.00. The van der Waals surface area contributed by atoms with Crippen LogP contribution >= 0.6 is 11.6 Å². The van der Waals surface area contributed by atoms with Gasteiger partial charge in [0.15, 0.2) is 17.2 Å². The second-order valence-electron chi connectivity index (χ2n) is 6.62. The second-order valence-corrected chi connectivity index (χ2v) is 7.03. The zero-order valence-corrected chi connectivity index (χ0v) is 17.4. The third-order valence-corrected chi connectivity index (χ3v) is 4.83. The first-order chi connectivity index (χ1) is 15.4. The molecule has 0 atom stereocenters. The van der Waals surface area contributed by atoms with Crippen LogP contribution in [0.5, 0.6) is 11.5 Å². The number of ether oxygens (including phenoxy) is 3. The first-order valence-corrected chi connectivity index (χ1v) is 9.75. The third kappa shape index (κ3) is 4.53. The number of rotatable bonds is 5. The summed E-state index contributed by atoms with van der Waals surface area (Å²) in [6.07, 6.45) is 1.50. The molecule has 3 aromatic carbocycles. The molecular formula is C24H15ClFNO5. The SMILES string of the molecule is COc1cc(C=C2N=C(c3ccc(F)cc3)OC2=O)ccc1OC(=O)c1ccccc1Cl. The quantitative estimate of drug-likeness (QED) is 0.308. The van der Waals surface area contributed by atoms with Crippen LogP contribution in [0.2, 0.25) is 5.02 Å². The fourth-order valence-corrected chi connectivity index (χ4v) is 3.14. The molecule has 0 unspecified atom stereocenters. The average Bonchev–Trinajstić information content (AvgIpc) is 3.15. The summed E-state index contributed by atoms with van der Waals surface area (Å²) in [5.41, 5.74) is 1.32. The summed E-state index contributed by atoms with van der Waals surface area (Å²) in [4.78, 5) is 28.8. The number of carbonyl (C=O) groups is 2. The van der Waals surface area contributed by atoms with E-state index in [-0.39, 0.29) is 33.7 Å². The molecule has 8 heteroatoms. The Bertz CT molecular complexity index is 1270. The van der Waals surface area contributed by atoms with Crippen molar-refractivity contribution in [1.82, 2.24) is 0 Å². The summed E-state index contributed by atoms with van der Waals surface area (Å²) < 4.78 is 29.0. The molecule has 32 heavy (non-hydrogen) atoms. The van der Waals surface area contributed by atoms with E-state index in [9.17, 15) is 14.0 Å². The molecule has 6 nitrogen and oxygen atoms in total. The number of cyclic esters (lactones) is 1. The zero-order valence-electron chi connectivity index (χ0n) is 16.7. The number of hydrogen-bond donors (Lipinski definition) is 0. The van der Waals surface area contributed by atoms with E-state index >= 15 is 0 Å². The van der Waals surface area contributed by atoms with E-state index in [4.69, 9.17) is 25.8 Å². The third-order valence-electron chi connectivity index (χ3n) is 4.50. The summed E-state index contributed by atoms with van der Waals surface area (Å²) in [6.45, 7) is 0. The molecule has 3 aromatic rings. The molecule has 0 saturated carbocycles. The summed E-state index contributed by atoms with van der Waals surface area (Å²) >= 11 is 6.04. The van der Waals surface area contributed by atoms with Crippen molar-refractivity contribution < 1.29 is 28.2 Å². The molecule has 0 aliphatic carbocycles. The van der Waals surface area contributed by atoms with Gasteiger partial charge in [-0.25, -0.2) is 19.0 Å². The van der Waals surface area contributed by atoms with Crippen molar-refractivity contribution in [3.63, 3.8) is 0 Å². The van der Waals surface area contributed by atoms with Crippen molar-refractivity contribution in [2.45, 2.75) is 0 Å². The number of hydrogen-bond acceptors (Lipinski definition) is 6. The Morgan fingerprint density at radius 1 is 1.06 bits per heavy atom. The lowest BCUT2D eigenvalue weighted by molar-refractivity contribution is -0.129. The van der Waals surface area contributed by atoms with Gasteiger partial charge in [0, 0.05) is 5.56 Å². The molecule has 4 rings (SSSR count). The van der Waals surface area contributed by atoms with Crippen molar-refractivity contribution in [2.24, 2.45) is 4.99 Å². The van der Waals surface area contributed by atoms with Gasteiger partial charge in [0.1, 0.15) is 5.82 Å². The molecule has 1 aliphatic heterocycles. The van der Waals surface area contributed by atoms with Crippen molar-refractivity contribution in [3.05, 3.63) is 100.0 Å². The number of carbonyl (C=O) groups excluding carboxylic acids is 2. The van der Waals surface area contributed by atoms with Crippen LogP contribution in [0.15, 0.2) is 77.4 Å². The molecule has 1 heterocycles. The lowest BCUT2D eigenvalue weighted by atomic mass is 10.1. The van der Waals surface area contributed by atoms with Gasteiger partial charge >= 0.3 is 11.9 Å². The minimum absolute atomic E-state index is 0.0622. The highest BCUT2D eigenvalue weighted by atomic mass is 35.5. The van der Waals surface area contributed by atoms with E-state index in [1.165, 1.54) is 43.5 Å². The molecule has 0 spiro atoms. The van der Waals surface area contributed by atoms with E-state index < -0.39 is 17.8 Å². The Morgan fingerprint density at radius 3 is 2.53 bits per heavy atom. The second kappa shape index (κ2) is 9.03. The molecule has 0 amide bonds. The standard InChI is InChI=1S/C24H15ClFNO5/c1-30-21-13-14(6-11-20(21)31-23(28)17-4-2-3-5-18(17)25)12-19-24(29)32-22(27-19)15-7-9-16(26)10-8-15/h2-13H,1H3. The van der Waals surface area contributed by atoms with Crippen LogP contribution in [0.4, 0.5) is 4.39 Å². The summed E-state index contributed by atoms with van der Waals surface area (Å²) in [7, 11) is 1.42. The molecular weight excluding hydrogens is 437 g/mol. The lowest BCUT2D eigenvalue weighted by Gasteiger charge is -2.10. The summed E-state index contributed by atoms with van der Waals surface area (Å²) in [5.74, 6) is -1.14. The smallest absolute Gasteiger partial charge is 0.363 e. The van der Waals surface area contributed by atoms with E-state index in [2.05, 4.69) is 4.99 Å². The molecule has 0 bridgehead atoms. The van der Waals surface area contributed by atoms with Crippen LogP contribution in [0.25, 0.3) is 6.08 Å². The fourth-order valence-electron chi connectivity index (χ4n) is 2.92. The van der Waals surface area contributed by atoms with Crippen LogP contribution in [0.3, 0.4) is 0 Å². The highest BCUT2D eigenvalue weighted by Gasteiger charge is 2.24. The van der Waals surface area contributed by atoms with Crippen molar-refractivity contribution in [3.8, 4) is 11.5 Å². The maximum atomic E-state index is 13.1. The number of esters is 2. The molecule has 1 aliphatic rings. The minimum atomic E-state index is -0.641. The Hall–Kier alpha value is -3.97. The first-order valence-electron chi connectivity index (χ1n) is 9.38. The molecule has 0 fully saturated rings. The minimum Gasteiger partial charge on any atom is -0.493 e. The maximum absolute atomic E-state index is 13.1. The van der Waals surface area contributed by atoms with Gasteiger partial charge in [-0.15, -0.1) is 0 Å². The Labute approximate surface area is 187 Å². The van der Waals surface area contributed by atoms with Crippen molar-refractivity contribution in [1.29, 1.82) is 0 Å². The summed E-state index contributed by atoms with van der Waals surface area (Å²) in [6, 6.07) is 16.7. The Balaban J connectivity index is 1.58. The average molecular weight is 452 g/mol. The predicted octanol–water partition coefficient (Wildman–Crippen LogP) is 5.05. The monoisotopic (exact) mass is 451 g/mol. The number of aliphatic imine (C=N–C) groups is 1. The van der Waals surface area contributed by atoms with E-state index in [0.717, 1.165) is 0 Å².